The van der Waals surface area contributed by atoms with Crippen molar-refractivity contribution in [1.29, 1.82) is 0 Å². The minimum Gasteiger partial charge on any atom is -0.372 e. The highest BCUT2D eigenvalue weighted by molar-refractivity contribution is 7.19. The Morgan fingerprint density at radius 1 is 1.03 bits per heavy atom. The summed E-state index contributed by atoms with van der Waals surface area (Å²) < 4.78 is 1.14. The number of fused-ring (bicyclic) bond motifs is 2. The molecule has 0 aliphatic heterocycles. The van der Waals surface area contributed by atoms with Crippen molar-refractivity contribution in [3.05, 3.63) is 93.8 Å². The summed E-state index contributed by atoms with van der Waals surface area (Å²) in [6.07, 6.45) is 12.9. The molecule has 5 rings (SSSR count). The number of allylic oxidation sites excluding steroid dienone is 5. The summed E-state index contributed by atoms with van der Waals surface area (Å²) >= 11 is 1.63. The molecule has 39 heavy (non-hydrogen) atoms. The number of hydrogen-bond acceptors (Lipinski definition) is 3. The van der Waals surface area contributed by atoms with E-state index in [1.807, 2.05) is 18.2 Å². The van der Waals surface area contributed by atoms with Gasteiger partial charge in [-0.15, -0.1) is 11.3 Å². The standard InChI is InChI=1S/C35H41N3S/c1-6-8-20-38(21-9-7-2)29-17-14-25(15-18-29)26-16-19-30-27(22-26)23-28(24-35(30,3)4)33(36-5)34-37-31-12-10-11-13-32(31)39-34/h10-15,17-18,22-23,30H,6-9,16,19-21,24H2,1-4H3. The van der Waals surface area contributed by atoms with Gasteiger partial charge in [-0.25, -0.2) is 9.83 Å². The van der Waals surface area contributed by atoms with Gasteiger partial charge in [0.1, 0.15) is 5.01 Å². The molecule has 1 heterocycles. The lowest BCUT2D eigenvalue weighted by atomic mass is 9.62. The molecule has 2 aliphatic rings. The molecule has 0 bridgehead atoms. The van der Waals surface area contributed by atoms with E-state index in [1.54, 1.807) is 11.3 Å². The highest BCUT2D eigenvalue weighted by Crippen LogP contribution is 2.51. The number of aromatic nitrogens is 1. The molecule has 0 fully saturated rings. The van der Waals surface area contributed by atoms with E-state index in [2.05, 4.69) is 79.9 Å². The first-order valence-electron chi connectivity index (χ1n) is 14.7. The third-order valence-electron chi connectivity index (χ3n) is 8.45. The molecule has 1 atom stereocenters. The summed E-state index contributed by atoms with van der Waals surface area (Å²) in [5.74, 6) is 0.519. The largest absolute Gasteiger partial charge is 0.372 e. The summed E-state index contributed by atoms with van der Waals surface area (Å²) in [6, 6.07) is 17.5. The van der Waals surface area contributed by atoms with Crippen LogP contribution in [0, 0.1) is 17.9 Å². The number of hydrogen-bond donors (Lipinski definition) is 0. The Bertz CT molecular complexity index is 1400. The van der Waals surface area contributed by atoms with Crippen molar-refractivity contribution in [2.75, 3.05) is 18.0 Å². The molecule has 1 aromatic heterocycles. The zero-order chi connectivity index (χ0) is 27.4. The molecule has 1 unspecified atom stereocenters. The van der Waals surface area contributed by atoms with Crippen LogP contribution in [0.3, 0.4) is 0 Å². The number of benzene rings is 2. The number of anilines is 1. The normalized spacial score (nSPS) is 19.6. The van der Waals surface area contributed by atoms with E-state index in [0.29, 0.717) is 5.92 Å². The Morgan fingerprint density at radius 2 is 1.74 bits per heavy atom. The molecule has 0 spiro atoms. The van der Waals surface area contributed by atoms with Gasteiger partial charge in [-0.2, -0.15) is 0 Å². The molecule has 3 aromatic rings. The molecule has 0 N–H and O–H groups in total. The van der Waals surface area contributed by atoms with Crippen LogP contribution in [-0.4, -0.2) is 18.1 Å². The third-order valence-corrected chi connectivity index (χ3v) is 9.50. The first kappa shape index (κ1) is 27.4. The lowest BCUT2D eigenvalue weighted by Gasteiger charge is -2.42. The van der Waals surface area contributed by atoms with Gasteiger partial charge in [0.05, 0.1) is 16.8 Å². The molecule has 4 heteroatoms. The third kappa shape index (κ3) is 5.89. The van der Waals surface area contributed by atoms with Crippen LogP contribution < -0.4 is 4.90 Å². The Morgan fingerprint density at radius 3 is 2.41 bits per heavy atom. The molecule has 0 amide bonds. The summed E-state index contributed by atoms with van der Waals surface area (Å²) in [4.78, 5) is 11.4. The van der Waals surface area contributed by atoms with Gasteiger partial charge in [-0.05, 0) is 90.0 Å². The van der Waals surface area contributed by atoms with E-state index in [4.69, 9.17) is 11.6 Å². The van der Waals surface area contributed by atoms with Crippen molar-refractivity contribution in [2.45, 2.75) is 72.6 Å². The minimum absolute atomic E-state index is 0.108. The van der Waals surface area contributed by atoms with E-state index in [-0.39, 0.29) is 5.41 Å². The monoisotopic (exact) mass is 535 g/mol. The van der Waals surface area contributed by atoms with Crippen molar-refractivity contribution >= 4 is 38.5 Å². The highest BCUT2D eigenvalue weighted by Gasteiger charge is 2.38. The maximum absolute atomic E-state index is 8.07. The fraction of sp³-hybridized carbons (Fsp3) is 0.429. The van der Waals surface area contributed by atoms with Crippen LogP contribution in [0.1, 0.15) is 83.2 Å². The average Bonchev–Trinajstić information content (AvgIpc) is 3.37. The van der Waals surface area contributed by atoms with E-state index in [9.17, 15) is 0 Å². The maximum atomic E-state index is 8.07. The second-order valence-electron chi connectivity index (χ2n) is 11.8. The Labute approximate surface area is 238 Å². The Balaban J connectivity index is 1.47. The quantitative estimate of drug-likeness (QED) is 0.254. The van der Waals surface area contributed by atoms with Gasteiger partial charge < -0.3 is 4.90 Å². The fourth-order valence-electron chi connectivity index (χ4n) is 6.26. The van der Waals surface area contributed by atoms with Crippen molar-refractivity contribution in [3.63, 3.8) is 0 Å². The van der Waals surface area contributed by atoms with E-state index < -0.39 is 0 Å². The molecule has 3 nitrogen and oxygen atoms in total. The highest BCUT2D eigenvalue weighted by atomic mass is 32.1. The number of para-hydroxylation sites is 1. The van der Waals surface area contributed by atoms with Gasteiger partial charge in [0, 0.05) is 18.8 Å². The summed E-state index contributed by atoms with van der Waals surface area (Å²) in [5, 5.41) is 0.846. The van der Waals surface area contributed by atoms with Crippen LogP contribution in [0.25, 0.3) is 26.3 Å². The molecule has 0 radical (unpaired) electrons. The van der Waals surface area contributed by atoms with Crippen LogP contribution in [0.15, 0.2) is 71.8 Å². The molecular weight excluding hydrogens is 494 g/mol. The van der Waals surface area contributed by atoms with Gasteiger partial charge in [0.2, 0.25) is 5.70 Å². The SMILES string of the molecule is [C-]#[N+]C(=C1C=C2C=C(c3ccc(N(CCCC)CCCC)cc3)CCC2C(C)(C)C1)c1nc2ccccc2s1. The van der Waals surface area contributed by atoms with Crippen molar-refractivity contribution in [1.82, 2.24) is 4.98 Å². The van der Waals surface area contributed by atoms with Gasteiger partial charge >= 0.3 is 0 Å². The van der Waals surface area contributed by atoms with Crippen LogP contribution in [0.5, 0.6) is 0 Å². The Hall–Kier alpha value is -3.16. The van der Waals surface area contributed by atoms with Crippen LogP contribution >= 0.6 is 11.3 Å². The lowest BCUT2D eigenvalue weighted by Crippen LogP contribution is -2.31. The average molecular weight is 536 g/mol. The number of unbranched alkanes of at least 4 members (excludes halogenated alkanes) is 2. The molecule has 2 aliphatic carbocycles. The van der Waals surface area contributed by atoms with E-state index in [0.717, 1.165) is 58.8 Å². The zero-order valence-electron chi connectivity index (χ0n) is 24.0. The van der Waals surface area contributed by atoms with Gasteiger partial charge in [0.25, 0.3) is 0 Å². The first-order chi connectivity index (χ1) is 18.9. The second kappa shape index (κ2) is 11.9. The smallest absolute Gasteiger partial charge is 0.225 e. The number of thiazole rings is 1. The lowest BCUT2D eigenvalue weighted by molar-refractivity contribution is 0.228. The fourth-order valence-corrected chi connectivity index (χ4v) is 7.25. The molecular formula is C35H41N3S. The second-order valence-corrected chi connectivity index (χ2v) is 12.8. The summed E-state index contributed by atoms with van der Waals surface area (Å²) in [7, 11) is 0. The molecule has 202 valence electrons. The summed E-state index contributed by atoms with van der Waals surface area (Å²) in [6.45, 7) is 19.6. The minimum atomic E-state index is 0.108. The number of rotatable bonds is 9. The van der Waals surface area contributed by atoms with Crippen LogP contribution in [0.4, 0.5) is 5.69 Å². The zero-order valence-corrected chi connectivity index (χ0v) is 24.8. The molecule has 0 saturated carbocycles. The predicted octanol–water partition coefficient (Wildman–Crippen LogP) is 10.2. The topological polar surface area (TPSA) is 20.5 Å². The van der Waals surface area contributed by atoms with Crippen molar-refractivity contribution < 1.29 is 0 Å². The number of nitrogens with zero attached hydrogens (tertiary/aromatic N) is 3. The first-order valence-corrected chi connectivity index (χ1v) is 15.5. The van der Waals surface area contributed by atoms with Crippen LogP contribution in [0.2, 0.25) is 0 Å². The van der Waals surface area contributed by atoms with Gasteiger partial charge in [-0.3, -0.25) is 0 Å². The van der Waals surface area contributed by atoms with E-state index >= 15 is 0 Å². The van der Waals surface area contributed by atoms with Crippen molar-refractivity contribution in [3.8, 4) is 0 Å². The maximum Gasteiger partial charge on any atom is 0.225 e. The van der Waals surface area contributed by atoms with Crippen LogP contribution in [-0.2, 0) is 0 Å². The van der Waals surface area contributed by atoms with Gasteiger partial charge in [-0.1, -0.05) is 77.0 Å². The van der Waals surface area contributed by atoms with Crippen molar-refractivity contribution in [2.24, 2.45) is 11.3 Å². The summed E-state index contributed by atoms with van der Waals surface area (Å²) in [5.41, 5.74) is 8.41. The Kier molecular flexibility index (Phi) is 8.38. The molecule has 2 aromatic carbocycles. The van der Waals surface area contributed by atoms with Gasteiger partial charge in [0.15, 0.2) is 0 Å². The molecule has 0 saturated heterocycles. The van der Waals surface area contributed by atoms with E-state index in [1.165, 1.54) is 48.1 Å². The predicted molar refractivity (Wildman–Crippen MR) is 169 cm³/mol.